The van der Waals surface area contributed by atoms with Crippen molar-refractivity contribution in [3.63, 3.8) is 0 Å². The highest BCUT2D eigenvalue weighted by atomic mass is 35.5. The summed E-state index contributed by atoms with van der Waals surface area (Å²) in [5.41, 5.74) is 0.991. The van der Waals surface area contributed by atoms with Gasteiger partial charge < -0.3 is 13.9 Å². The van der Waals surface area contributed by atoms with Crippen molar-refractivity contribution < 1.29 is 27.1 Å². The van der Waals surface area contributed by atoms with E-state index in [1.165, 1.54) is 37.1 Å². The van der Waals surface area contributed by atoms with Gasteiger partial charge in [0.1, 0.15) is 17.2 Å². The van der Waals surface area contributed by atoms with Crippen molar-refractivity contribution >= 4 is 41.9 Å². The van der Waals surface area contributed by atoms with Gasteiger partial charge in [-0.25, -0.2) is 12.7 Å². The van der Waals surface area contributed by atoms with Gasteiger partial charge in [-0.2, -0.15) is 0 Å². The summed E-state index contributed by atoms with van der Waals surface area (Å²) >= 11 is 5.98. The number of methoxy groups -OCH3 is 2. The third-order valence-electron chi connectivity index (χ3n) is 6.33. The van der Waals surface area contributed by atoms with Crippen molar-refractivity contribution in [3.8, 4) is 28.8 Å². The molecule has 3 heterocycles. The number of anilines is 1. The third-order valence-corrected chi connectivity index (χ3v) is 10.00. The molecular weight excluding hydrogens is 586 g/mol. The highest BCUT2D eigenvalue weighted by molar-refractivity contribution is 7.92. The number of hydrogen-bond acceptors (Lipinski definition) is 9. The molecule has 0 spiro atoms. The highest BCUT2D eigenvalue weighted by Crippen LogP contribution is 2.39. The molecule has 0 unspecified atom stereocenters. The monoisotopic (exact) mass is 617 g/mol. The van der Waals surface area contributed by atoms with Crippen LogP contribution in [-0.4, -0.2) is 69.0 Å². The quantitative estimate of drug-likeness (QED) is 0.148. The fraction of sp³-hybridized carbons (Fsp3) is 0.333. The Bertz CT molecular complexity index is 1600. The van der Waals surface area contributed by atoms with Crippen LogP contribution >= 0.6 is 11.6 Å². The minimum atomic E-state index is -4.03. The zero-order valence-electron chi connectivity index (χ0n) is 23.5. The van der Waals surface area contributed by atoms with Crippen molar-refractivity contribution in [2.45, 2.75) is 32.1 Å². The second kappa shape index (κ2) is 12.5. The Morgan fingerprint density at radius 1 is 1.10 bits per heavy atom. The molecule has 0 aliphatic heterocycles. The fourth-order valence-corrected chi connectivity index (χ4v) is 6.82. The lowest BCUT2D eigenvalue weighted by molar-refractivity contribution is 0.112. The summed E-state index contributed by atoms with van der Waals surface area (Å²) in [6.07, 6.45) is 3.49. The summed E-state index contributed by atoms with van der Waals surface area (Å²) in [5.74, 6) is 1.20. The number of pyridine rings is 1. The van der Waals surface area contributed by atoms with E-state index in [1.807, 2.05) is 0 Å². The van der Waals surface area contributed by atoms with Gasteiger partial charge in [0, 0.05) is 32.8 Å². The number of ether oxygens (including phenoxy) is 2. The van der Waals surface area contributed by atoms with Crippen molar-refractivity contribution in [2.24, 2.45) is 0 Å². The molecule has 41 heavy (non-hydrogen) atoms. The number of hydrogen-bond donors (Lipinski definition) is 0. The Morgan fingerprint density at radius 3 is 2.39 bits per heavy atom. The van der Waals surface area contributed by atoms with Gasteiger partial charge in [0.05, 0.1) is 37.0 Å². The number of para-hydroxylation sites is 1. The number of carbonyl (C=O) groups is 1. The van der Waals surface area contributed by atoms with Crippen LogP contribution in [0.2, 0.25) is 30.7 Å². The first kappa shape index (κ1) is 30.3. The number of furan rings is 1. The van der Waals surface area contributed by atoms with Gasteiger partial charge >= 0.3 is 0 Å². The average molecular weight is 618 g/mol. The fourth-order valence-electron chi connectivity index (χ4n) is 4.19. The lowest BCUT2D eigenvalue weighted by atomic mass is 10.2. The maximum Gasteiger partial charge on any atom is 0.246 e. The first-order valence-electron chi connectivity index (χ1n) is 12.8. The van der Waals surface area contributed by atoms with E-state index in [4.69, 9.17) is 25.5 Å². The van der Waals surface area contributed by atoms with Crippen LogP contribution in [0.5, 0.6) is 11.5 Å². The molecule has 0 aliphatic rings. The Balaban J connectivity index is 1.89. The minimum absolute atomic E-state index is 0.00577. The third kappa shape index (κ3) is 6.80. The van der Waals surface area contributed by atoms with Gasteiger partial charge in [0.25, 0.3) is 0 Å². The molecule has 0 saturated carbocycles. The van der Waals surface area contributed by atoms with E-state index in [2.05, 4.69) is 34.8 Å². The van der Waals surface area contributed by atoms with Crippen LogP contribution in [0.4, 0.5) is 5.95 Å². The van der Waals surface area contributed by atoms with Crippen LogP contribution in [0.25, 0.3) is 17.3 Å². The van der Waals surface area contributed by atoms with E-state index in [-0.39, 0.29) is 36.1 Å². The molecule has 0 bridgehead atoms. The average Bonchev–Trinajstić information content (AvgIpc) is 3.61. The standard InChI is InChI=1S/C27H32ClN5O6SSi/c1-37-22-8-6-9-23(38-2)25(22)33-26(24-10-7-13-39-24)30-31-27(33)32(12-15-41(3,4)5)40(35,36)14-11-21-19(18-34)16-20(28)17-29-21/h6-10,13,16-18H,11-12,14-15H2,1-5H3. The SMILES string of the molecule is COc1cccc(OC)c1-n1c(-c2ccco2)nnc1N(CC[Si](C)(C)C)S(=O)(=O)CCc1ncc(Cl)cc1C=O. The number of sulfonamides is 1. The Hall–Kier alpha value is -3.68. The Morgan fingerprint density at radius 2 is 1.80 bits per heavy atom. The number of aryl methyl sites for hydroxylation is 1. The van der Waals surface area contributed by atoms with E-state index < -0.39 is 18.1 Å². The molecule has 1 aromatic carbocycles. The van der Waals surface area contributed by atoms with Gasteiger partial charge in [-0.1, -0.05) is 37.3 Å². The van der Waals surface area contributed by atoms with Gasteiger partial charge in [-0.3, -0.25) is 14.3 Å². The molecular formula is C27H32ClN5O6SSi. The number of aldehydes is 1. The van der Waals surface area contributed by atoms with Crippen LogP contribution in [0.1, 0.15) is 16.1 Å². The number of rotatable bonds is 13. The van der Waals surface area contributed by atoms with Crippen molar-refractivity contribution in [1.29, 1.82) is 0 Å². The number of aromatic nitrogens is 4. The van der Waals surface area contributed by atoms with Crippen molar-refractivity contribution in [1.82, 2.24) is 19.7 Å². The predicted molar refractivity (Wildman–Crippen MR) is 160 cm³/mol. The molecule has 0 N–H and O–H groups in total. The van der Waals surface area contributed by atoms with E-state index >= 15 is 0 Å². The van der Waals surface area contributed by atoms with E-state index in [0.29, 0.717) is 46.0 Å². The number of carbonyl (C=O) groups excluding carboxylic acids is 1. The van der Waals surface area contributed by atoms with Crippen LogP contribution in [0.3, 0.4) is 0 Å². The molecule has 4 aromatic rings. The summed E-state index contributed by atoms with van der Waals surface area (Å²) in [6.45, 7) is 6.65. The number of nitrogens with zero attached hydrogens (tertiary/aromatic N) is 5. The maximum atomic E-state index is 14.1. The van der Waals surface area contributed by atoms with Gasteiger partial charge in [0.15, 0.2) is 12.0 Å². The van der Waals surface area contributed by atoms with Crippen LogP contribution in [0, 0.1) is 0 Å². The topological polar surface area (TPSA) is 130 Å². The first-order valence-corrected chi connectivity index (χ1v) is 18.5. The summed E-state index contributed by atoms with van der Waals surface area (Å²) in [4.78, 5) is 15.8. The lowest BCUT2D eigenvalue weighted by Gasteiger charge is -2.27. The maximum absolute atomic E-state index is 14.1. The molecule has 0 atom stereocenters. The predicted octanol–water partition coefficient (Wildman–Crippen LogP) is 5.12. The molecule has 14 heteroatoms. The number of benzene rings is 1. The molecule has 218 valence electrons. The van der Waals surface area contributed by atoms with Gasteiger partial charge in [-0.05, 0) is 36.4 Å². The minimum Gasteiger partial charge on any atom is -0.494 e. The Kier molecular flexibility index (Phi) is 9.20. The summed E-state index contributed by atoms with van der Waals surface area (Å²) in [7, 11) is -2.72. The second-order valence-corrected chi connectivity index (χ2v) is 18.5. The lowest BCUT2D eigenvalue weighted by Crippen LogP contribution is -2.39. The Labute approximate surface area is 245 Å². The second-order valence-electron chi connectivity index (χ2n) is 10.4. The summed E-state index contributed by atoms with van der Waals surface area (Å²) in [5, 5.41) is 9.03. The highest BCUT2D eigenvalue weighted by Gasteiger charge is 2.33. The molecule has 0 saturated heterocycles. The summed E-state index contributed by atoms with van der Waals surface area (Å²) < 4.78 is 48.0. The smallest absolute Gasteiger partial charge is 0.246 e. The van der Waals surface area contributed by atoms with Crippen molar-refractivity contribution in [2.75, 3.05) is 30.8 Å². The van der Waals surface area contributed by atoms with Gasteiger partial charge in [0.2, 0.25) is 21.8 Å². The van der Waals surface area contributed by atoms with Crippen LogP contribution in [-0.2, 0) is 16.4 Å². The summed E-state index contributed by atoms with van der Waals surface area (Å²) in [6, 6.07) is 10.8. The normalized spacial score (nSPS) is 11.9. The van der Waals surface area contributed by atoms with Gasteiger partial charge in [-0.15, -0.1) is 10.2 Å². The zero-order valence-corrected chi connectivity index (χ0v) is 26.1. The molecule has 0 fully saturated rings. The van der Waals surface area contributed by atoms with E-state index in [1.54, 1.807) is 34.9 Å². The zero-order chi connectivity index (χ0) is 29.8. The first-order chi connectivity index (χ1) is 19.5. The number of halogens is 1. The van der Waals surface area contributed by atoms with Crippen molar-refractivity contribution in [3.05, 3.63) is 65.1 Å². The molecule has 4 rings (SSSR count). The van der Waals surface area contributed by atoms with Crippen LogP contribution in [0.15, 0.2) is 53.3 Å². The molecule has 0 aliphatic carbocycles. The molecule has 3 aromatic heterocycles. The largest absolute Gasteiger partial charge is 0.494 e. The van der Waals surface area contributed by atoms with E-state index in [9.17, 15) is 13.2 Å². The molecule has 0 radical (unpaired) electrons. The molecule has 11 nitrogen and oxygen atoms in total. The molecule has 0 amide bonds. The van der Waals surface area contributed by atoms with E-state index in [0.717, 1.165) is 0 Å². The van der Waals surface area contributed by atoms with Crippen LogP contribution < -0.4 is 13.8 Å².